The first kappa shape index (κ1) is 25.4. The Morgan fingerprint density at radius 3 is 2.19 bits per heavy atom. The molecule has 2 saturated heterocycles. The van der Waals surface area contributed by atoms with Crippen molar-refractivity contribution in [2.75, 3.05) is 37.9 Å². The molecule has 0 atom stereocenters. The molecule has 2 aliphatic heterocycles. The van der Waals surface area contributed by atoms with Gasteiger partial charge < -0.3 is 9.64 Å². The van der Waals surface area contributed by atoms with Gasteiger partial charge in [-0.05, 0) is 55.7 Å². The third kappa shape index (κ3) is 4.53. The van der Waals surface area contributed by atoms with E-state index in [1.54, 1.807) is 24.4 Å². The number of benzene rings is 2. The van der Waals surface area contributed by atoms with Gasteiger partial charge in [0.15, 0.2) is 9.84 Å². The minimum atomic E-state index is -3.80. The topological polar surface area (TPSA) is 130 Å². The molecule has 1 N–H and O–H groups in total. The molecule has 2 fully saturated rings. The van der Waals surface area contributed by atoms with Crippen molar-refractivity contribution in [1.29, 1.82) is 0 Å². The maximum atomic E-state index is 13.6. The molecule has 0 aliphatic carbocycles. The Morgan fingerprint density at radius 2 is 1.59 bits per heavy atom. The summed E-state index contributed by atoms with van der Waals surface area (Å²) in [5.74, 6) is 0.635. The van der Waals surface area contributed by atoms with Crippen molar-refractivity contribution in [3.05, 3.63) is 54.9 Å². The van der Waals surface area contributed by atoms with E-state index in [4.69, 9.17) is 4.74 Å². The van der Waals surface area contributed by atoms with Crippen LogP contribution in [0.3, 0.4) is 0 Å². The zero-order valence-corrected chi connectivity index (χ0v) is 22.2. The molecule has 0 unspecified atom stereocenters. The lowest BCUT2D eigenvalue weighted by molar-refractivity contribution is -0.127. The summed E-state index contributed by atoms with van der Waals surface area (Å²) in [5, 5.41) is 6.77. The number of amides is 1. The number of methoxy groups -OCH3 is 1. The first-order valence-electron chi connectivity index (χ1n) is 11.8. The van der Waals surface area contributed by atoms with Crippen LogP contribution >= 0.6 is 0 Å². The maximum Gasteiger partial charge on any atom is 0.243 e. The van der Waals surface area contributed by atoms with Crippen LogP contribution in [0.5, 0.6) is 5.75 Å². The number of sulfone groups is 1. The highest BCUT2D eigenvalue weighted by molar-refractivity contribution is 7.90. The van der Waals surface area contributed by atoms with Crippen molar-refractivity contribution in [2.24, 2.45) is 5.41 Å². The normalized spacial score (nSPS) is 18.4. The lowest BCUT2D eigenvalue weighted by Crippen LogP contribution is -2.46. The molecule has 2 aliphatic rings. The Bertz CT molecular complexity index is 1530. The molecule has 3 aromatic rings. The Hall–Kier alpha value is -3.22. The van der Waals surface area contributed by atoms with E-state index in [1.165, 1.54) is 28.6 Å². The summed E-state index contributed by atoms with van der Waals surface area (Å²) in [6.45, 7) is 0.990. The van der Waals surface area contributed by atoms with Gasteiger partial charge in [0.25, 0.3) is 0 Å². The zero-order chi connectivity index (χ0) is 26.4. The van der Waals surface area contributed by atoms with Crippen LogP contribution in [0, 0.1) is 5.41 Å². The molecule has 196 valence electrons. The summed E-state index contributed by atoms with van der Waals surface area (Å²) in [5.41, 5.74) is 1.88. The smallest absolute Gasteiger partial charge is 0.243 e. The second kappa shape index (κ2) is 9.26. The van der Waals surface area contributed by atoms with Gasteiger partial charge in [0.2, 0.25) is 15.9 Å². The van der Waals surface area contributed by atoms with E-state index < -0.39 is 25.3 Å². The fraction of sp³-hybridized carbons (Fsp3) is 0.360. The summed E-state index contributed by atoms with van der Waals surface area (Å²) in [6, 6.07) is 10.9. The van der Waals surface area contributed by atoms with Gasteiger partial charge in [-0.2, -0.15) is 9.40 Å². The Balaban J connectivity index is 1.31. The molecule has 0 radical (unpaired) electrons. The number of rotatable bonds is 6. The van der Waals surface area contributed by atoms with Gasteiger partial charge in [-0.3, -0.25) is 9.89 Å². The van der Waals surface area contributed by atoms with Crippen molar-refractivity contribution in [1.82, 2.24) is 14.5 Å². The maximum absolute atomic E-state index is 13.6. The number of aromatic nitrogens is 2. The number of nitrogens with one attached hydrogen (secondary N) is 1. The minimum Gasteiger partial charge on any atom is -0.496 e. The number of H-pyrrole nitrogens is 1. The van der Waals surface area contributed by atoms with Crippen molar-refractivity contribution in [3.8, 4) is 16.9 Å². The highest BCUT2D eigenvalue weighted by Gasteiger charge is 2.50. The van der Waals surface area contributed by atoms with Crippen molar-refractivity contribution in [2.45, 2.75) is 29.1 Å². The number of piperidine rings is 1. The molecular weight excluding hydrogens is 516 g/mol. The number of aromatic amines is 1. The monoisotopic (exact) mass is 544 g/mol. The number of carbonyl (C=O) groups excluding carboxylic acids is 1. The highest BCUT2D eigenvalue weighted by atomic mass is 32.2. The second-order valence-corrected chi connectivity index (χ2v) is 13.5. The summed E-state index contributed by atoms with van der Waals surface area (Å²) >= 11 is 0. The largest absolute Gasteiger partial charge is 0.496 e. The van der Waals surface area contributed by atoms with Crippen LogP contribution in [0.2, 0.25) is 0 Å². The Morgan fingerprint density at radius 1 is 0.946 bits per heavy atom. The summed E-state index contributed by atoms with van der Waals surface area (Å²) in [6.07, 6.45) is 6.05. The van der Waals surface area contributed by atoms with Gasteiger partial charge in [0, 0.05) is 55.0 Å². The molecule has 1 spiro atoms. The van der Waals surface area contributed by atoms with Gasteiger partial charge in [-0.25, -0.2) is 16.8 Å². The molecule has 3 heterocycles. The molecule has 10 nitrogen and oxygen atoms in total. The van der Waals surface area contributed by atoms with Crippen molar-refractivity contribution >= 4 is 31.5 Å². The van der Waals surface area contributed by atoms with Crippen molar-refractivity contribution in [3.63, 3.8) is 0 Å². The molecular formula is C25H28N4O6S2. The van der Waals surface area contributed by atoms with Crippen LogP contribution in [0.15, 0.2) is 64.6 Å². The lowest BCUT2D eigenvalue weighted by atomic mass is 9.77. The first-order chi connectivity index (χ1) is 17.5. The SMILES string of the molecule is COc1cc(N2CCC3(CCN(S(=O)(=O)c4ccc(S(C)(=O)=O)cc4)CC3)C2=O)ccc1-c1cn[nH]c1. The summed E-state index contributed by atoms with van der Waals surface area (Å²) in [7, 11) is -5.64. The van der Waals surface area contributed by atoms with E-state index >= 15 is 0 Å². The quantitative estimate of drug-likeness (QED) is 0.505. The Labute approximate surface area is 216 Å². The number of sulfonamides is 1. The van der Waals surface area contributed by atoms with Gasteiger partial charge in [-0.15, -0.1) is 0 Å². The average molecular weight is 545 g/mol. The number of carbonyl (C=O) groups is 1. The highest BCUT2D eigenvalue weighted by Crippen LogP contribution is 2.45. The summed E-state index contributed by atoms with van der Waals surface area (Å²) in [4.78, 5) is 15.5. The van der Waals surface area contributed by atoms with E-state index in [9.17, 15) is 21.6 Å². The predicted octanol–water partition coefficient (Wildman–Crippen LogP) is 2.70. The van der Waals surface area contributed by atoms with Crippen molar-refractivity contribution < 1.29 is 26.4 Å². The van der Waals surface area contributed by atoms with Crippen LogP contribution in [0.25, 0.3) is 11.1 Å². The molecule has 1 aromatic heterocycles. The summed E-state index contributed by atoms with van der Waals surface area (Å²) < 4.78 is 56.7. The Kier molecular flexibility index (Phi) is 6.37. The van der Waals surface area contributed by atoms with Gasteiger partial charge in [-0.1, -0.05) is 0 Å². The van der Waals surface area contributed by atoms with E-state index in [2.05, 4.69) is 10.2 Å². The fourth-order valence-electron chi connectivity index (χ4n) is 5.18. The third-order valence-electron chi connectivity index (χ3n) is 7.39. The van der Waals surface area contributed by atoms with Gasteiger partial charge >= 0.3 is 0 Å². The molecule has 5 rings (SSSR count). The van der Waals surface area contributed by atoms with E-state index in [0.717, 1.165) is 23.1 Å². The minimum absolute atomic E-state index is 0.000155. The predicted molar refractivity (Wildman–Crippen MR) is 138 cm³/mol. The fourth-order valence-corrected chi connectivity index (χ4v) is 7.25. The average Bonchev–Trinajstić information content (AvgIpc) is 3.53. The van der Waals surface area contributed by atoms with Crippen LogP contribution in [-0.2, 0) is 24.7 Å². The number of anilines is 1. The number of nitrogens with zero attached hydrogens (tertiary/aromatic N) is 3. The molecule has 1 amide bonds. The molecule has 37 heavy (non-hydrogen) atoms. The van der Waals surface area contributed by atoms with Crippen LogP contribution in [-0.4, -0.2) is 70.2 Å². The van der Waals surface area contributed by atoms with E-state index in [0.29, 0.717) is 31.6 Å². The first-order valence-corrected chi connectivity index (χ1v) is 15.2. The third-order valence-corrected chi connectivity index (χ3v) is 10.4. The van der Waals surface area contributed by atoms with Gasteiger partial charge in [0.1, 0.15) is 5.75 Å². The van der Waals surface area contributed by atoms with Crippen LogP contribution < -0.4 is 9.64 Å². The second-order valence-electron chi connectivity index (χ2n) is 9.51. The zero-order valence-electron chi connectivity index (χ0n) is 20.5. The molecule has 0 saturated carbocycles. The van der Waals surface area contributed by atoms with Gasteiger partial charge in [0.05, 0.1) is 28.5 Å². The number of ether oxygens (including phenoxy) is 1. The van der Waals surface area contributed by atoms with Crippen LogP contribution in [0.4, 0.5) is 5.69 Å². The van der Waals surface area contributed by atoms with Crippen LogP contribution in [0.1, 0.15) is 19.3 Å². The number of hydrogen-bond donors (Lipinski definition) is 1. The number of hydrogen-bond acceptors (Lipinski definition) is 7. The van der Waals surface area contributed by atoms with E-state index in [1.807, 2.05) is 18.2 Å². The van der Waals surface area contributed by atoms with E-state index in [-0.39, 0.29) is 28.8 Å². The molecule has 2 aromatic carbocycles. The standard InChI is InChI=1S/C25H28N4O6S2/c1-35-23-15-19(3-8-22(23)18-16-26-27-17-18)29-14-11-25(24(29)30)9-12-28(13-10-25)37(33,34)21-6-4-20(5-7-21)36(2,31)32/h3-8,15-17H,9-14H2,1-2H3,(H,26,27). The molecule has 12 heteroatoms. The lowest BCUT2D eigenvalue weighted by Gasteiger charge is -2.37. The molecule has 0 bridgehead atoms.